The summed E-state index contributed by atoms with van der Waals surface area (Å²) in [5.74, 6) is 0.731. The highest BCUT2D eigenvalue weighted by atomic mass is 79.9. The van der Waals surface area contributed by atoms with Crippen molar-refractivity contribution in [3.05, 3.63) is 52.0 Å². The number of rotatable bonds is 3. The van der Waals surface area contributed by atoms with Crippen LogP contribution in [0.2, 0.25) is 0 Å². The van der Waals surface area contributed by atoms with E-state index in [0.29, 0.717) is 12.0 Å². The lowest BCUT2D eigenvalue weighted by Crippen LogP contribution is -2.17. The van der Waals surface area contributed by atoms with Gasteiger partial charge in [0.25, 0.3) is 0 Å². The first-order chi connectivity index (χ1) is 9.29. The highest BCUT2D eigenvalue weighted by Gasteiger charge is 2.33. The van der Waals surface area contributed by atoms with Crippen LogP contribution in [0.1, 0.15) is 23.0 Å². The molecule has 0 saturated carbocycles. The third kappa shape index (κ3) is 3.21. The van der Waals surface area contributed by atoms with E-state index in [4.69, 9.17) is 5.73 Å². The maximum absolute atomic E-state index is 12.8. The van der Waals surface area contributed by atoms with E-state index in [9.17, 15) is 13.2 Å². The molecule has 0 saturated heterocycles. The molecule has 0 aliphatic heterocycles. The molecule has 0 fully saturated rings. The van der Waals surface area contributed by atoms with E-state index < -0.39 is 17.8 Å². The van der Waals surface area contributed by atoms with Gasteiger partial charge in [-0.25, -0.2) is 4.98 Å². The molecule has 2 aromatic rings. The van der Waals surface area contributed by atoms with Gasteiger partial charge in [0.2, 0.25) is 0 Å². The Bertz CT molecular complexity index is 607. The SMILES string of the molecule is Cn1ccnc1CC(N)c1ccc(Br)c(C(F)(F)F)c1. The second kappa shape index (κ2) is 5.57. The van der Waals surface area contributed by atoms with Gasteiger partial charge in [0, 0.05) is 36.4 Å². The zero-order valence-corrected chi connectivity index (χ0v) is 12.2. The topological polar surface area (TPSA) is 43.8 Å². The van der Waals surface area contributed by atoms with Crippen molar-refractivity contribution in [3.63, 3.8) is 0 Å². The maximum Gasteiger partial charge on any atom is 0.417 e. The van der Waals surface area contributed by atoms with Crippen LogP contribution >= 0.6 is 15.9 Å². The molecule has 1 aromatic heterocycles. The molecule has 1 unspecified atom stereocenters. The fourth-order valence-electron chi connectivity index (χ4n) is 1.90. The fraction of sp³-hybridized carbons (Fsp3) is 0.308. The lowest BCUT2D eigenvalue weighted by Gasteiger charge is -2.15. The molecule has 0 aliphatic rings. The largest absolute Gasteiger partial charge is 0.417 e. The number of benzene rings is 1. The van der Waals surface area contributed by atoms with Crippen molar-refractivity contribution in [2.45, 2.75) is 18.6 Å². The Morgan fingerprint density at radius 3 is 2.65 bits per heavy atom. The van der Waals surface area contributed by atoms with Crippen LogP contribution in [0.3, 0.4) is 0 Å². The van der Waals surface area contributed by atoms with E-state index >= 15 is 0 Å². The second-order valence-electron chi connectivity index (χ2n) is 4.50. The number of alkyl halides is 3. The predicted octanol–water partition coefficient (Wildman–Crippen LogP) is 3.44. The van der Waals surface area contributed by atoms with Gasteiger partial charge >= 0.3 is 6.18 Å². The van der Waals surface area contributed by atoms with Gasteiger partial charge in [-0.3, -0.25) is 0 Å². The number of aromatic nitrogens is 2. The standard InChI is InChI=1S/C13H13BrF3N3/c1-20-5-4-19-12(20)7-11(18)8-2-3-10(14)9(6-8)13(15,16)17/h2-6,11H,7,18H2,1H3. The fourth-order valence-corrected chi connectivity index (χ4v) is 2.37. The van der Waals surface area contributed by atoms with E-state index in [1.807, 2.05) is 7.05 Å². The smallest absolute Gasteiger partial charge is 0.338 e. The van der Waals surface area contributed by atoms with Crippen LogP contribution in [0.4, 0.5) is 13.2 Å². The van der Waals surface area contributed by atoms with Crippen LogP contribution < -0.4 is 5.73 Å². The Kier molecular flexibility index (Phi) is 4.19. The van der Waals surface area contributed by atoms with Crippen molar-refractivity contribution < 1.29 is 13.2 Å². The van der Waals surface area contributed by atoms with Gasteiger partial charge in [0.05, 0.1) is 5.56 Å². The van der Waals surface area contributed by atoms with Gasteiger partial charge in [-0.05, 0) is 17.7 Å². The minimum Gasteiger partial charge on any atom is -0.338 e. The average molecular weight is 348 g/mol. The number of hydrogen-bond donors (Lipinski definition) is 1. The molecule has 1 atom stereocenters. The van der Waals surface area contributed by atoms with Gasteiger partial charge in [0.15, 0.2) is 0 Å². The monoisotopic (exact) mass is 347 g/mol. The summed E-state index contributed by atoms with van der Waals surface area (Å²) in [5, 5.41) is 0. The Morgan fingerprint density at radius 2 is 2.10 bits per heavy atom. The van der Waals surface area contributed by atoms with Crippen LogP contribution in [0.15, 0.2) is 35.1 Å². The predicted molar refractivity (Wildman–Crippen MR) is 73.0 cm³/mol. The number of imidazole rings is 1. The molecule has 0 bridgehead atoms. The molecular weight excluding hydrogens is 335 g/mol. The molecule has 3 nitrogen and oxygen atoms in total. The summed E-state index contributed by atoms with van der Waals surface area (Å²) in [4.78, 5) is 4.12. The number of nitrogens with zero attached hydrogens (tertiary/aromatic N) is 2. The first-order valence-electron chi connectivity index (χ1n) is 5.87. The summed E-state index contributed by atoms with van der Waals surface area (Å²) in [7, 11) is 1.82. The minimum atomic E-state index is -4.40. The number of hydrogen-bond acceptors (Lipinski definition) is 2. The summed E-state index contributed by atoms with van der Waals surface area (Å²) < 4.78 is 40.3. The van der Waals surface area contributed by atoms with Crippen LogP contribution in [0.5, 0.6) is 0 Å². The van der Waals surface area contributed by atoms with E-state index in [-0.39, 0.29) is 4.47 Å². The molecule has 1 aromatic carbocycles. The zero-order valence-electron chi connectivity index (χ0n) is 10.7. The molecule has 7 heteroatoms. The quantitative estimate of drug-likeness (QED) is 0.924. The van der Waals surface area contributed by atoms with Gasteiger partial charge < -0.3 is 10.3 Å². The molecule has 0 amide bonds. The summed E-state index contributed by atoms with van der Waals surface area (Å²) in [6.45, 7) is 0. The lowest BCUT2D eigenvalue weighted by atomic mass is 10.0. The van der Waals surface area contributed by atoms with Crippen LogP contribution in [-0.2, 0) is 19.6 Å². The number of nitrogens with two attached hydrogens (primary N) is 1. The van der Waals surface area contributed by atoms with Crippen molar-refractivity contribution in [1.82, 2.24) is 9.55 Å². The summed E-state index contributed by atoms with van der Waals surface area (Å²) >= 11 is 2.91. The van der Waals surface area contributed by atoms with Crippen molar-refractivity contribution in [2.75, 3.05) is 0 Å². The average Bonchev–Trinajstić information content (AvgIpc) is 2.74. The van der Waals surface area contributed by atoms with Crippen LogP contribution in [-0.4, -0.2) is 9.55 Å². The summed E-state index contributed by atoms with van der Waals surface area (Å²) in [6.07, 6.45) is -0.629. The van der Waals surface area contributed by atoms with Gasteiger partial charge in [0.1, 0.15) is 5.82 Å². The van der Waals surface area contributed by atoms with E-state index in [0.717, 1.165) is 11.9 Å². The summed E-state index contributed by atoms with van der Waals surface area (Å²) in [5.41, 5.74) is 5.70. The van der Waals surface area contributed by atoms with Crippen molar-refractivity contribution in [2.24, 2.45) is 12.8 Å². The minimum absolute atomic E-state index is 0.0120. The summed E-state index contributed by atoms with van der Waals surface area (Å²) in [6, 6.07) is 3.51. The Balaban J connectivity index is 2.27. The van der Waals surface area contributed by atoms with Crippen LogP contribution in [0.25, 0.3) is 0 Å². The maximum atomic E-state index is 12.8. The van der Waals surface area contributed by atoms with Gasteiger partial charge in [-0.1, -0.05) is 22.0 Å². The second-order valence-corrected chi connectivity index (χ2v) is 5.36. The Hall–Kier alpha value is -1.34. The van der Waals surface area contributed by atoms with E-state index in [2.05, 4.69) is 20.9 Å². The van der Waals surface area contributed by atoms with Crippen LogP contribution in [0, 0.1) is 0 Å². The molecular formula is C13H13BrF3N3. The number of halogens is 4. The first kappa shape index (κ1) is 15.1. The van der Waals surface area contributed by atoms with Gasteiger partial charge in [-0.2, -0.15) is 13.2 Å². The molecule has 0 radical (unpaired) electrons. The van der Waals surface area contributed by atoms with Crippen molar-refractivity contribution in [3.8, 4) is 0 Å². The number of aryl methyl sites for hydroxylation is 1. The molecule has 2 N–H and O–H groups in total. The molecule has 20 heavy (non-hydrogen) atoms. The van der Waals surface area contributed by atoms with Gasteiger partial charge in [-0.15, -0.1) is 0 Å². The highest BCUT2D eigenvalue weighted by molar-refractivity contribution is 9.10. The molecule has 0 spiro atoms. The van der Waals surface area contributed by atoms with E-state index in [1.165, 1.54) is 6.07 Å². The Morgan fingerprint density at radius 1 is 1.40 bits per heavy atom. The van der Waals surface area contributed by atoms with Crippen molar-refractivity contribution >= 4 is 15.9 Å². The third-order valence-corrected chi connectivity index (χ3v) is 3.74. The first-order valence-corrected chi connectivity index (χ1v) is 6.66. The third-order valence-electron chi connectivity index (χ3n) is 3.05. The Labute approximate surface area is 122 Å². The van der Waals surface area contributed by atoms with Crippen molar-refractivity contribution in [1.29, 1.82) is 0 Å². The zero-order chi connectivity index (χ0) is 14.9. The highest BCUT2D eigenvalue weighted by Crippen LogP contribution is 2.36. The van der Waals surface area contributed by atoms with E-state index in [1.54, 1.807) is 23.0 Å². The molecule has 2 rings (SSSR count). The normalized spacial score (nSPS) is 13.5. The molecule has 0 aliphatic carbocycles. The molecule has 108 valence electrons. The lowest BCUT2D eigenvalue weighted by molar-refractivity contribution is -0.138. The molecule has 1 heterocycles.